The number of amides is 1. The van der Waals surface area contributed by atoms with E-state index in [-0.39, 0.29) is 0 Å². The fourth-order valence-corrected chi connectivity index (χ4v) is 5.77. The first-order valence-corrected chi connectivity index (χ1v) is 12.1. The van der Waals surface area contributed by atoms with Gasteiger partial charge in [0, 0.05) is 26.2 Å². The van der Waals surface area contributed by atoms with Gasteiger partial charge in [-0.05, 0) is 33.0 Å². The van der Waals surface area contributed by atoms with Gasteiger partial charge in [-0.3, -0.25) is 24.3 Å². The molecular weight excluding hydrogens is 414 g/mol. The molecule has 0 aromatic heterocycles. The summed E-state index contributed by atoms with van der Waals surface area (Å²) in [5.41, 5.74) is -1.54. The average Bonchev–Trinajstić information content (AvgIpc) is 2.60. The summed E-state index contributed by atoms with van der Waals surface area (Å²) in [6, 6.07) is 0. The summed E-state index contributed by atoms with van der Waals surface area (Å²) in [7, 11) is -1.16. The van der Waals surface area contributed by atoms with Crippen molar-refractivity contribution < 1.29 is 27.9 Å². The van der Waals surface area contributed by atoms with Crippen LogP contribution < -0.4 is 0 Å². The lowest BCUT2D eigenvalue weighted by molar-refractivity contribution is -0.206. The number of aliphatic carboxylic acids is 1. The van der Waals surface area contributed by atoms with E-state index in [0.717, 1.165) is 0 Å². The molecule has 0 heterocycles. The Balaban J connectivity index is 6.77. The molecule has 0 aliphatic rings. The zero-order valence-electron chi connectivity index (χ0n) is 17.1. The second-order valence-electron chi connectivity index (χ2n) is 6.56. The Labute approximate surface area is 171 Å². The number of hydrogen-bond donors (Lipinski definition) is 1. The summed E-state index contributed by atoms with van der Waals surface area (Å²) in [5, 5.41) is 9.32. The Kier molecular flexibility index (Phi) is 12.5. The van der Waals surface area contributed by atoms with Crippen molar-refractivity contribution in [3.8, 4) is 0 Å². The fourth-order valence-electron chi connectivity index (χ4n) is 3.34. The molecule has 0 fully saturated rings. The third kappa shape index (κ3) is 6.97. The van der Waals surface area contributed by atoms with Gasteiger partial charge < -0.3 is 5.11 Å². The van der Waals surface area contributed by atoms with Gasteiger partial charge in [0.25, 0.3) is 0 Å². The number of halogens is 3. The molecule has 1 amide bonds. The lowest BCUT2D eigenvalue weighted by Gasteiger charge is -2.54. The summed E-state index contributed by atoms with van der Waals surface area (Å²) in [5.74, 6) is -3.65. The minimum atomic E-state index is -5.18. The molecule has 0 saturated carbocycles. The molecule has 0 saturated heterocycles. The molecule has 166 valence electrons. The summed E-state index contributed by atoms with van der Waals surface area (Å²) < 4.78 is 40.3. The quantitative estimate of drug-likeness (QED) is 0.326. The number of carbonyl (C=O) groups is 2. The first-order chi connectivity index (χ1) is 13.1. The van der Waals surface area contributed by atoms with Crippen LogP contribution in [-0.2, 0) is 21.4 Å². The van der Waals surface area contributed by atoms with Crippen LogP contribution in [0.5, 0.6) is 0 Å². The predicted octanol–water partition coefficient (Wildman–Crippen LogP) is 3.19. The summed E-state index contributed by atoms with van der Waals surface area (Å²) >= 11 is 5.41. The van der Waals surface area contributed by atoms with Crippen molar-refractivity contribution in [2.24, 2.45) is 0 Å². The largest absolute Gasteiger partial charge is 0.480 e. The lowest BCUT2D eigenvalue weighted by atomic mass is 10.2. The highest BCUT2D eigenvalue weighted by atomic mass is 32.4. The number of hydrogen-bond acceptors (Lipinski definition) is 5. The molecule has 0 bridgehead atoms. The van der Waals surface area contributed by atoms with E-state index >= 15 is 0 Å². The van der Waals surface area contributed by atoms with Crippen LogP contribution in [0.3, 0.4) is 0 Å². The molecule has 0 aliphatic carbocycles. The summed E-state index contributed by atoms with van der Waals surface area (Å²) in [4.78, 5) is 27.9. The monoisotopic (exact) mass is 447 g/mol. The van der Waals surface area contributed by atoms with Crippen molar-refractivity contribution in [2.45, 2.75) is 65.1 Å². The molecular formula is C17H33F3N3O3PS. The number of nitrogens with zero attached hydrogens (tertiary/aromatic N) is 3. The maximum Gasteiger partial charge on any atom is 0.471 e. The summed E-state index contributed by atoms with van der Waals surface area (Å²) in [6.45, 7) is 8.20. The van der Waals surface area contributed by atoms with Crippen LogP contribution in [0.2, 0.25) is 0 Å². The Morgan fingerprint density at radius 1 is 0.893 bits per heavy atom. The Morgan fingerprint density at radius 3 is 1.46 bits per heavy atom. The minimum absolute atomic E-state index is 0.419. The molecule has 1 N–H and O–H groups in total. The SMILES string of the molecule is CCCN(CCC)C([PH2]=S)(N(CCC)CCC)N(CC(=O)O)C(=O)C(F)(F)F. The molecule has 1 atom stereocenters. The summed E-state index contributed by atoms with van der Waals surface area (Å²) in [6.07, 6.45) is -2.61. The fraction of sp³-hybridized carbons (Fsp3) is 0.882. The maximum absolute atomic E-state index is 13.4. The highest BCUT2D eigenvalue weighted by Crippen LogP contribution is 2.39. The number of carboxylic acids is 1. The second-order valence-corrected chi connectivity index (χ2v) is 8.28. The van der Waals surface area contributed by atoms with E-state index in [2.05, 4.69) is 0 Å². The maximum atomic E-state index is 13.4. The Hall–Kier alpha value is -0.700. The molecule has 11 heteroatoms. The third-order valence-corrected chi connectivity index (χ3v) is 6.55. The molecule has 1 unspecified atom stereocenters. The van der Waals surface area contributed by atoms with Crippen molar-refractivity contribution >= 4 is 31.0 Å². The van der Waals surface area contributed by atoms with E-state index in [9.17, 15) is 27.9 Å². The van der Waals surface area contributed by atoms with Crippen LogP contribution in [0.25, 0.3) is 0 Å². The van der Waals surface area contributed by atoms with E-state index in [1.807, 2.05) is 27.7 Å². The van der Waals surface area contributed by atoms with Gasteiger partial charge in [0.05, 0.1) is 0 Å². The van der Waals surface area contributed by atoms with Crippen LogP contribution in [0.4, 0.5) is 13.2 Å². The van der Waals surface area contributed by atoms with Gasteiger partial charge in [-0.25, -0.2) is 0 Å². The third-order valence-electron chi connectivity index (χ3n) is 4.24. The normalized spacial score (nSPS) is 13.0. The van der Waals surface area contributed by atoms with Gasteiger partial charge in [-0.2, -0.15) is 13.2 Å². The van der Waals surface area contributed by atoms with Crippen LogP contribution in [-0.4, -0.2) is 76.1 Å². The number of carbonyl (C=O) groups excluding carboxylic acids is 1. The molecule has 0 aromatic carbocycles. The van der Waals surface area contributed by atoms with Crippen molar-refractivity contribution in [3.63, 3.8) is 0 Å². The van der Waals surface area contributed by atoms with E-state index < -0.39 is 37.5 Å². The molecule has 0 radical (unpaired) electrons. The van der Waals surface area contributed by atoms with Crippen molar-refractivity contribution in [1.82, 2.24) is 14.7 Å². The smallest absolute Gasteiger partial charge is 0.471 e. The van der Waals surface area contributed by atoms with Gasteiger partial charge in [-0.15, -0.1) is 0 Å². The van der Waals surface area contributed by atoms with Gasteiger partial charge in [-0.1, -0.05) is 39.5 Å². The first kappa shape index (κ1) is 27.3. The van der Waals surface area contributed by atoms with Crippen molar-refractivity contribution in [2.75, 3.05) is 32.7 Å². The van der Waals surface area contributed by atoms with Crippen LogP contribution in [0, 0.1) is 0 Å². The number of rotatable bonds is 14. The highest BCUT2D eigenvalue weighted by molar-refractivity contribution is 7.97. The molecule has 0 aliphatic heterocycles. The predicted molar refractivity (Wildman–Crippen MR) is 110 cm³/mol. The van der Waals surface area contributed by atoms with E-state index in [1.54, 1.807) is 9.80 Å². The first-order valence-electron chi connectivity index (χ1n) is 9.63. The minimum Gasteiger partial charge on any atom is -0.480 e. The zero-order valence-corrected chi connectivity index (χ0v) is 19.1. The highest BCUT2D eigenvalue weighted by Gasteiger charge is 2.54. The average molecular weight is 448 g/mol. The van der Waals surface area contributed by atoms with Gasteiger partial charge >= 0.3 is 18.1 Å². The van der Waals surface area contributed by atoms with E-state index in [4.69, 9.17) is 11.8 Å². The van der Waals surface area contributed by atoms with Crippen LogP contribution in [0.1, 0.15) is 53.4 Å². The molecule has 0 rings (SSSR count). The number of alkyl halides is 3. The molecule has 0 aromatic rings. The Morgan fingerprint density at radius 2 is 1.25 bits per heavy atom. The van der Waals surface area contributed by atoms with Gasteiger partial charge in [0.2, 0.25) is 0 Å². The molecule has 0 spiro atoms. The van der Waals surface area contributed by atoms with Gasteiger partial charge in [0.15, 0.2) is 5.53 Å². The topological polar surface area (TPSA) is 64.1 Å². The van der Waals surface area contributed by atoms with Crippen molar-refractivity contribution in [3.05, 3.63) is 0 Å². The van der Waals surface area contributed by atoms with E-state index in [0.29, 0.717) is 56.8 Å². The van der Waals surface area contributed by atoms with Crippen LogP contribution >= 0.6 is 7.36 Å². The van der Waals surface area contributed by atoms with Crippen molar-refractivity contribution in [1.29, 1.82) is 0 Å². The molecule has 28 heavy (non-hydrogen) atoms. The zero-order chi connectivity index (χ0) is 22.0. The van der Waals surface area contributed by atoms with Crippen LogP contribution in [0.15, 0.2) is 0 Å². The Bertz CT molecular complexity index is 496. The molecule has 6 nitrogen and oxygen atoms in total. The van der Waals surface area contributed by atoms with Gasteiger partial charge in [0.1, 0.15) is 6.54 Å². The van der Waals surface area contributed by atoms with E-state index in [1.165, 1.54) is 0 Å². The lowest BCUT2D eigenvalue weighted by Crippen LogP contribution is -2.70. The second kappa shape index (κ2) is 12.8. The standard InChI is InChI=1S/C17H33F3N3O3PS/c1-5-9-21(10-6-2)17(27-28,22(11-7-3)12-8-4)23(13-14(24)25)15(26)16(18,19)20/h5-13,27H2,1-4H3,(H,24,25). The number of carboxylic acid groups (broad SMARTS) is 1.